The van der Waals surface area contributed by atoms with Gasteiger partial charge in [0.05, 0.1) is 36.7 Å². The standard InChI is InChI=1S/C37H45FN8O2.C34H40BrN7O2.C31H38N6O.C4H4BrClO.C3H6FN.ClH.6H2S/c1-26-8-4-9-27-10-5-12-33(35(26)27)44-17-14-31-32(24-44)40-37(48-25-29-11-6-15-42(29)3)41-36(31)45-18-19-46(30(23-45)20-39-2)34(47)13-7-16-43-21-28(38)22-43;1-24-8-4-9-25-10-5-12-30(32(24)25)40-17-14-28-29(22-40)37-34(44-23-26-11-7-16-39(26)3)38-33(28)41-18-19-42(27(21-41)20-36-2)31(43)13-6-15-35;1-22-8-4-10-24-11-5-13-28(29(22)24)36-17-14-26-27(20-36)33-31(38-21-25-12-7-15-35(25)3)34-30(26)37-16-6-9-23(19-37)18-32-2;5-3-1-2-4(6)7;4-3-1-5-2-3;;;;;;;/h4-5,7-10,12-13,28-30H,6,11,14-25H2,1,3H3;4-6,8-10,12-13,26-27H,7,11,14-23H2,1,3H3;4-5,8,10-11,13,23,25H,6-7,9,12,14-21H2,1,3H3;1-2H,3H2;3,5H,1-2H2;1H;6*1H2/b13-7+;13-6+;;2-1+;;;;;;;;/t29-,30-;26-,27-;23-,25-;;;;;;;;;/m000........./s1. The number of likely N-dealkylation sites (tertiary alicyclic amines) is 4. The van der Waals surface area contributed by atoms with E-state index in [0.29, 0.717) is 164 Å². The Bertz CT molecular complexity index is 6160. The number of carbonyl (C=O) groups excluding carboxylic acids is 3. The Labute approximate surface area is 947 Å². The second-order valence-electron chi connectivity index (χ2n) is 39.0. The van der Waals surface area contributed by atoms with Crippen LogP contribution in [-0.4, -0.2) is 315 Å². The lowest BCUT2D eigenvalue weighted by atomic mass is 9.96. The first-order valence-corrected chi connectivity index (χ1v) is 53.0. The fraction of sp³-hybridized carbons (Fsp3) is 0.505. The van der Waals surface area contributed by atoms with E-state index < -0.39 is 17.6 Å². The lowest BCUT2D eigenvalue weighted by Gasteiger charge is -2.41. The van der Waals surface area contributed by atoms with Crippen LogP contribution >= 0.6 is 137 Å². The zero-order valence-electron chi connectivity index (χ0n) is 86.1. The lowest BCUT2D eigenvalue weighted by molar-refractivity contribution is -0.129. The molecule has 14 heterocycles. The summed E-state index contributed by atoms with van der Waals surface area (Å²) in [6.07, 6.45) is 20.1. The smallest absolute Gasteiger partial charge is 0.318 e. The van der Waals surface area contributed by atoms with Crippen molar-refractivity contribution in [3.63, 3.8) is 0 Å². The molecule has 40 heteroatoms. The Morgan fingerprint density at radius 3 is 1.08 bits per heavy atom. The number of nitrogens with one attached hydrogen (secondary N) is 1. The number of halogens is 6. The normalized spacial score (nSPS) is 20.2. The number of hydrogen-bond donors (Lipinski definition) is 1. The minimum Gasteiger partial charge on any atom is -0.462 e. The van der Waals surface area contributed by atoms with E-state index in [1.165, 1.54) is 90.6 Å². The molecule has 1 N–H and O–H groups in total. The number of alkyl halides is 4. The van der Waals surface area contributed by atoms with Gasteiger partial charge in [0.15, 0.2) is 0 Å². The number of allylic oxidation sites excluding steroid dienone is 3. The summed E-state index contributed by atoms with van der Waals surface area (Å²) in [4.78, 5) is 104. The summed E-state index contributed by atoms with van der Waals surface area (Å²) in [6, 6.07) is 41.0. The highest BCUT2D eigenvalue weighted by molar-refractivity contribution is 9.09. The maximum atomic E-state index is 13.3. The Hall–Kier alpha value is -8.86. The molecule has 2 amide bonds. The SMILES string of the molecule is Cl.FC1CNC1.O=C(Cl)/C=C/CBr.S.S.S.S.S.S.[C-]#[N+]C[C@@H]1CCCN(c2nc(OC[C@@H]3CCCN3C)nc3c2CCN(c2cccc4cccc(C)c24)C3)C1.[C-]#[N+]C[C@H]1CN(c2nc(OC[C@@H]3CCCN3C)nc3c2CCN(c2cccc4cccc(C)c24)C3)CCN1C(=O)/C=C/CBr.[C-]#[N+]C[C@H]1CN(c2nc(OC[C@@H]3CCCN3C)nc3c2CCN(c2cccc4cccc(C)c24)C3)CCN1C(=O)/C=C/CN1CC(F)C1. The van der Waals surface area contributed by atoms with E-state index in [1.807, 2.05) is 20.8 Å². The molecule has 6 atom stereocenters. The van der Waals surface area contributed by atoms with Gasteiger partial charge in [-0.05, 0) is 207 Å². The molecule has 11 aliphatic rings. The summed E-state index contributed by atoms with van der Waals surface area (Å²) in [5, 5.41) is 11.3. The number of fused-ring (bicyclic) bond motifs is 6. The van der Waals surface area contributed by atoms with Crippen LogP contribution < -0.4 is 48.9 Å². The fourth-order valence-electron chi connectivity index (χ4n) is 21.6. The molecular formula is C109H146Br2Cl2F2N22O6S6. The maximum absolute atomic E-state index is 13.3. The van der Waals surface area contributed by atoms with Crippen molar-refractivity contribution in [2.24, 2.45) is 5.92 Å². The van der Waals surface area contributed by atoms with Crippen LogP contribution in [-0.2, 0) is 53.3 Å². The Kier molecular flexibility index (Phi) is 49.9. The summed E-state index contributed by atoms with van der Waals surface area (Å²) in [6.45, 7) is 47.6. The van der Waals surface area contributed by atoms with Gasteiger partial charge in [-0.15, -0.1) is 12.4 Å². The number of carbonyl (C=O) groups is 3. The number of likely N-dealkylation sites (N-methyl/N-ethyl adjacent to an activating group) is 3. The van der Waals surface area contributed by atoms with E-state index in [9.17, 15) is 23.2 Å². The highest BCUT2D eigenvalue weighted by atomic mass is 79.9. The average molecular weight is 2320 g/mol. The van der Waals surface area contributed by atoms with Gasteiger partial charge in [0.2, 0.25) is 36.7 Å². The molecule has 0 saturated carbocycles. The van der Waals surface area contributed by atoms with E-state index in [4.69, 9.17) is 75.4 Å². The third-order valence-electron chi connectivity index (χ3n) is 29.5. The molecule has 28 nitrogen and oxygen atoms in total. The topological polar surface area (TPSA) is 220 Å². The van der Waals surface area contributed by atoms with Crippen LogP contribution in [0.3, 0.4) is 0 Å². The second-order valence-corrected chi connectivity index (χ2v) is 40.7. The van der Waals surface area contributed by atoms with E-state index >= 15 is 0 Å². The number of piperidine rings is 1. The summed E-state index contributed by atoms with van der Waals surface area (Å²) >= 11 is 11.3. The second kappa shape index (κ2) is 60.1. The van der Waals surface area contributed by atoms with Crippen molar-refractivity contribution in [1.82, 2.24) is 64.6 Å². The number of nitrogens with zero attached hydrogens (tertiary/aromatic N) is 21. The minimum atomic E-state index is -0.766. The maximum Gasteiger partial charge on any atom is 0.318 e. The molecule has 11 aliphatic heterocycles. The molecule has 0 aliphatic carbocycles. The lowest BCUT2D eigenvalue weighted by Crippen LogP contribution is -2.56. The number of aromatic nitrogens is 6. The summed E-state index contributed by atoms with van der Waals surface area (Å²) in [7, 11) is 6.47. The first-order valence-electron chi connectivity index (χ1n) is 50.4. The van der Waals surface area contributed by atoms with Gasteiger partial charge in [-0.3, -0.25) is 19.3 Å². The van der Waals surface area contributed by atoms with Gasteiger partial charge in [-0.2, -0.15) is 111 Å². The number of amides is 2. The number of piperazine rings is 2. The molecule has 6 aromatic carbocycles. The fourth-order valence-corrected chi connectivity index (χ4v) is 22.0. The Balaban J connectivity index is 0.000000230. The number of hydrogen-bond acceptors (Lipinski definition) is 23. The van der Waals surface area contributed by atoms with Gasteiger partial charge >= 0.3 is 18.0 Å². The van der Waals surface area contributed by atoms with Gasteiger partial charge in [-0.25, -0.2) is 28.5 Å². The van der Waals surface area contributed by atoms with Crippen molar-refractivity contribution >= 4 is 221 Å². The number of benzene rings is 6. The molecule has 8 saturated heterocycles. The van der Waals surface area contributed by atoms with E-state index in [1.54, 1.807) is 24.3 Å². The van der Waals surface area contributed by atoms with Crippen molar-refractivity contribution in [2.75, 3.05) is 225 Å². The molecule has 9 aromatic rings. The van der Waals surface area contributed by atoms with Gasteiger partial charge in [0.1, 0.15) is 61.7 Å². The summed E-state index contributed by atoms with van der Waals surface area (Å²) in [5.74, 6) is 3.04. The van der Waals surface area contributed by atoms with Crippen molar-refractivity contribution in [2.45, 2.75) is 154 Å². The van der Waals surface area contributed by atoms with Crippen LogP contribution in [0.1, 0.15) is 102 Å². The summed E-state index contributed by atoms with van der Waals surface area (Å²) < 4.78 is 43.6. The summed E-state index contributed by atoms with van der Waals surface area (Å²) in [5.41, 5.74) is 14.1. The molecule has 0 radical (unpaired) electrons. The molecule has 8 fully saturated rings. The van der Waals surface area contributed by atoms with Crippen LogP contribution in [0.5, 0.6) is 18.0 Å². The largest absolute Gasteiger partial charge is 0.462 e. The molecule has 20 rings (SSSR count). The highest BCUT2D eigenvalue weighted by Gasteiger charge is 2.40. The van der Waals surface area contributed by atoms with Crippen LogP contribution in [0.25, 0.3) is 46.9 Å². The number of ether oxygens (including phenoxy) is 3. The van der Waals surface area contributed by atoms with Crippen molar-refractivity contribution in [3.05, 3.63) is 230 Å². The van der Waals surface area contributed by atoms with Gasteiger partial charge in [0, 0.05) is 195 Å². The highest BCUT2D eigenvalue weighted by Crippen LogP contribution is 2.42. The van der Waals surface area contributed by atoms with Crippen LogP contribution in [0.2, 0.25) is 0 Å². The third kappa shape index (κ3) is 31.5. The molecule has 149 heavy (non-hydrogen) atoms. The number of aryl methyl sites for hydroxylation is 3. The predicted molar refractivity (Wildman–Crippen MR) is 639 cm³/mol. The van der Waals surface area contributed by atoms with E-state index in [2.05, 4.69) is 247 Å². The van der Waals surface area contributed by atoms with Gasteiger partial charge in [0.25, 0.3) is 0 Å². The molecule has 0 spiro atoms. The zero-order chi connectivity index (χ0) is 99.3. The first-order chi connectivity index (χ1) is 69.1. The van der Waals surface area contributed by atoms with Crippen molar-refractivity contribution < 1.29 is 37.4 Å². The number of rotatable bonds is 25. The van der Waals surface area contributed by atoms with Gasteiger partial charge < -0.3 is 88.0 Å². The predicted octanol–water partition coefficient (Wildman–Crippen LogP) is 16.8. The van der Waals surface area contributed by atoms with Crippen molar-refractivity contribution in [1.29, 1.82) is 0 Å². The molecule has 806 valence electrons. The van der Waals surface area contributed by atoms with Crippen molar-refractivity contribution in [3.8, 4) is 18.0 Å². The Morgan fingerprint density at radius 1 is 0.423 bits per heavy atom. The van der Waals surface area contributed by atoms with Crippen LogP contribution in [0.15, 0.2) is 146 Å². The molecule has 0 unspecified atom stereocenters. The van der Waals surface area contributed by atoms with E-state index in [-0.39, 0.29) is 130 Å². The van der Waals surface area contributed by atoms with E-state index in [0.717, 1.165) is 162 Å². The van der Waals surface area contributed by atoms with Gasteiger partial charge in [-0.1, -0.05) is 141 Å². The average Bonchev–Trinajstić information content (AvgIpc) is 1.44. The molecule has 0 bridgehead atoms. The minimum absolute atomic E-state index is 0. The molecule has 3 aromatic heterocycles. The zero-order valence-corrected chi connectivity index (χ0v) is 96.9. The first kappa shape index (κ1) is 124. The Morgan fingerprint density at radius 2 is 0.765 bits per heavy atom. The monoisotopic (exact) mass is 2320 g/mol. The number of anilines is 6. The third-order valence-corrected chi connectivity index (χ3v) is 30.3. The quantitative estimate of drug-likeness (QED) is 0.0243. The van der Waals surface area contributed by atoms with Crippen LogP contribution in [0.4, 0.5) is 43.3 Å². The molecular weight excluding hydrogens is 2170 g/mol. The van der Waals surface area contributed by atoms with Crippen LogP contribution in [0, 0.1) is 46.4 Å².